The van der Waals surface area contributed by atoms with Gasteiger partial charge in [0, 0.05) is 12.8 Å². The SMILES string of the molecule is CC12CCC(O[Si](C)(C)C)=CC1=C(O[Si](C)(C)C)CC1C2CCC2(C)C1CC[C@@H]2O[Si](C)(C)C. The van der Waals surface area contributed by atoms with E-state index in [2.05, 4.69) is 78.8 Å². The summed E-state index contributed by atoms with van der Waals surface area (Å²) >= 11 is 0. The van der Waals surface area contributed by atoms with Crippen LogP contribution in [-0.4, -0.2) is 31.1 Å². The molecule has 0 saturated heterocycles. The zero-order valence-corrected chi connectivity index (χ0v) is 27.1. The van der Waals surface area contributed by atoms with Gasteiger partial charge in [0.05, 0.1) is 17.6 Å². The molecule has 4 aliphatic carbocycles. The van der Waals surface area contributed by atoms with Gasteiger partial charge < -0.3 is 13.3 Å². The van der Waals surface area contributed by atoms with E-state index in [1.807, 2.05) is 0 Å². The molecule has 2 saturated carbocycles. The van der Waals surface area contributed by atoms with Crippen LogP contribution in [0.5, 0.6) is 0 Å². The summed E-state index contributed by atoms with van der Waals surface area (Å²) in [5.41, 5.74) is 2.03. The van der Waals surface area contributed by atoms with Crippen molar-refractivity contribution in [1.82, 2.24) is 0 Å². The highest BCUT2D eigenvalue weighted by atomic mass is 28.4. The van der Waals surface area contributed by atoms with Crippen molar-refractivity contribution in [3.05, 3.63) is 23.2 Å². The average Bonchev–Trinajstić information content (AvgIpc) is 2.95. The molecule has 4 rings (SSSR count). The lowest BCUT2D eigenvalue weighted by Crippen LogP contribution is -2.52. The number of fused-ring (bicyclic) bond motifs is 5. The Balaban J connectivity index is 1.72. The van der Waals surface area contributed by atoms with Gasteiger partial charge in [-0.2, -0.15) is 0 Å². The van der Waals surface area contributed by atoms with E-state index < -0.39 is 25.0 Å². The van der Waals surface area contributed by atoms with Gasteiger partial charge in [-0.3, -0.25) is 0 Å². The van der Waals surface area contributed by atoms with Gasteiger partial charge in [-0.05, 0) is 131 Å². The van der Waals surface area contributed by atoms with E-state index in [9.17, 15) is 0 Å². The van der Waals surface area contributed by atoms with Crippen LogP contribution in [0.4, 0.5) is 0 Å². The van der Waals surface area contributed by atoms with E-state index in [4.69, 9.17) is 13.3 Å². The van der Waals surface area contributed by atoms with E-state index in [0.717, 1.165) is 30.6 Å². The molecule has 0 radical (unpaired) electrons. The van der Waals surface area contributed by atoms with Crippen molar-refractivity contribution in [2.45, 2.75) is 124 Å². The smallest absolute Gasteiger partial charge is 0.241 e. The zero-order chi connectivity index (χ0) is 25.3. The summed E-state index contributed by atoms with van der Waals surface area (Å²) in [6.45, 7) is 26.2. The van der Waals surface area contributed by atoms with Crippen molar-refractivity contribution in [1.29, 1.82) is 0 Å². The van der Waals surface area contributed by atoms with Gasteiger partial charge >= 0.3 is 0 Å². The van der Waals surface area contributed by atoms with Crippen molar-refractivity contribution >= 4 is 25.0 Å². The van der Waals surface area contributed by atoms with Crippen LogP contribution in [0.1, 0.15) is 58.8 Å². The van der Waals surface area contributed by atoms with Gasteiger partial charge in [0.1, 0.15) is 0 Å². The Kier molecular flexibility index (Phi) is 6.79. The van der Waals surface area contributed by atoms with Gasteiger partial charge in [0.2, 0.25) is 16.6 Å². The van der Waals surface area contributed by atoms with Crippen LogP contribution in [0.3, 0.4) is 0 Å². The van der Waals surface area contributed by atoms with Crippen LogP contribution in [-0.2, 0) is 13.3 Å². The van der Waals surface area contributed by atoms with E-state index in [1.54, 1.807) is 0 Å². The molecule has 0 heterocycles. The first kappa shape index (κ1) is 26.7. The van der Waals surface area contributed by atoms with Crippen molar-refractivity contribution in [2.24, 2.45) is 28.6 Å². The van der Waals surface area contributed by atoms with Gasteiger partial charge in [0.25, 0.3) is 0 Å². The summed E-state index contributed by atoms with van der Waals surface area (Å²) in [7, 11) is -4.88. The number of rotatable bonds is 6. The number of hydrogen-bond acceptors (Lipinski definition) is 3. The fraction of sp³-hybridized carbons (Fsp3) is 0.857. The maximum Gasteiger partial charge on any atom is 0.241 e. The van der Waals surface area contributed by atoms with Crippen LogP contribution in [0, 0.1) is 28.6 Å². The van der Waals surface area contributed by atoms with Gasteiger partial charge in [-0.15, -0.1) is 0 Å². The molecule has 194 valence electrons. The second kappa shape index (κ2) is 8.63. The first-order valence-electron chi connectivity index (χ1n) is 13.9. The first-order valence-corrected chi connectivity index (χ1v) is 24.1. The molecule has 0 spiro atoms. The monoisotopic (exact) mass is 520 g/mol. The van der Waals surface area contributed by atoms with E-state index in [-0.39, 0.29) is 5.41 Å². The quantitative estimate of drug-likeness (QED) is 0.328. The molecule has 0 aromatic heterocycles. The molecular formula is C28H52O3Si3. The molecule has 6 heteroatoms. The Labute approximate surface area is 213 Å². The summed E-state index contributed by atoms with van der Waals surface area (Å²) in [6, 6.07) is 0. The highest BCUT2D eigenvalue weighted by Crippen LogP contribution is 2.66. The van der Waals surface area contributed by atoms with Crippen LogP contribution >= 0.6 is 0 Å². The van der Waals surface area contributed by atoms with Crippen molar-refractivity contribution < 1.29 is 13.3 Å². The highest BCUT2D eigenvalue weighted by Gasteiger charge is 2.60. The molecular weight excluding hydrogens is 469 g/mol. The van der Waals surface area contributed by atoms with Gasteiger partial charge in [-0.25, -0.2) is 0 Å². The first-order chi connectivity index (χ1) is 15.4. The molecule has 6 atom stereocenters. The molecule has 0 aromatic rings. The molecule has 0 bridgehead atoms. The molecule has 3 nitrogen and oxygen atoms in total. The average molecular weight is 521 g/mol. The van der Waals surface area contributed by atoms with E-state index in [0.29, 0.717) is 11.5 Å². The lowest BCUT2D eigenvalue weighted by atomic mass is 9.48. The summed E-state index contributed by atoms with van der Waals surface area (Å²) in [4.78, 5) is 0. The van der Waals surface area contributed by atoms with Gasteiger partial charge in [0.15, 0.2) is 8.32 Å². The second-order valence-corrected chi connectivity index (χ2v) is 28.5. The predicted molar refractivity (Wildman–Crippen MR) is 151 cm³/mol. The third-order valence-corrected chi connectivity index (χ3v) is 11.8. The summed E-state index contributed by atoms with van der Waals surface area (Å²) < 4.78 is 20.3. The molecule has 4 aliphatic rings. The van der Waals surface area contributed by atoms with Crippen LogP contribution < -0.4 is 0 Å². The normalized spacial score (nSPS) is 38.6. The molecule has 34 heavy (non-hydrogen) atoms. The predicted octanol–water partition coefficient (Wildman–Crippen LogP) is 8.69. The Morgan fingerprint density at radius 2 is 1.41 bits per heavy atom. The molecule has 0 aromatic carbocycles. The number of allylic oxidation sites excluding steroid dienone is 4. The highest BCUT2D eigenvalue weighted by molar-refractivity contribution is 6.70. The fourth-order valence-corrected chi connectivity index (χ4v) is 11.0. The van der Waals surface area contributed by atoms with Crippen molar-refractivity contribution in [3.63, 3.8) is 0 Å². The van der Waals surface area contributed by atoms with Crippen LogP contribution in [0.2, 0.25) is 58.9 Å². The summed E-state index contributed by atoms with van der Waals surface area (Å²) in [6.07, 6.45) is 11.5. The van der Waals surface area contributed by atoms with E-state index in [1.165, 1.54) is 49.2 Å². The largest absolute Gasteiger partial charge is 0.547 e. The Hall–Kier alpha value is -0.309. The summed E-state index contributed by atoms with van der Waals surface area (Å²) in [5.74, 6) is 4.77. The molecule has 0 aliphatic heterocycles. The fourth-order valence-electron chi connectivity index (χ4n) is 7.90. The minimum absolute atomic E-state index is 0.212. The Morgan fingerprint density at radius 1 is 0.765 bits per heavy atom. The molecule has 5 unspecified atom stereocenters. The lowest BCUT2D eigenvalue weighted by Gasteiger charge is -2.58. The van der Waals surface area contributed by atoms with Gasteiger partial charge in [-0.1, -0.05) is 13.8 Å². The molecule has 0 amide bonds. The standard InChI is InChI=1S/C28H52O3Si3/c1-27-16-14-20(29-32(3,4)5)18-24(27)25(30-33(6,7)8)19-21-22-12-13-26(31-34(9,10)11)28(22,2)17-15-23(21)27/h18,21-23,26H,12-17,19H2,1-11H3/t21?,22?,23?,26-,27?,28?/m0/s1. The topological polar surface area (TPSA) is 27.7 Å². The third kappa shape index (κ3) is 5.21. The number of hydrogen-bond donors (Lipinski definition) is 0. The third-order valence-electron chi connectivity index (χ3n) is 9.06. The van der Waals surface area contributed by atoms with Crippen LogP contribution in [0.25, 0.3) is 0 Å². The lowest BCUT2D eigenvalue weighted by molar-refractivity contribution is -0.0644. The van der Waals surface area contributed by atoms with Crippen molar-refractivity contribution in [3.8, 4) is 0 Å². The second-order valence-electron chi connectivity index (χ2n) is 15.2. The zero-order valence-electron chi connectivity index (χ0n) is 24.1. The summed E-state index contributed by atoms with van der Waals surface area (Å²) in [5, 5.41) is 0. The Morgan fingerprint density at radius 3 is 2.00 bits per heavy atom. The molecule has 0 N–H and O–H groups in total. The van der Waals surface area contributed by atoms with Crippen LogP contribution in [0.15, 0.2) is 23.2 Å². The Bertz CT molecular complexity index is 860. The minimum Gasteiger partial charge on any atom is -0.547 e. The minimum atomic E-state index is -1.72. The maximum absolute atomic E-state index is 6.93. The van der Waals surface area contributed by atoms with E-state index >= 15 is 0 Å². The molecule has 2 fully saturated rings. The van der Waals surface area contributed by atoms with Crippen molar-refractivity contribution in [2.75, 3.05) is 0 Å². The maximum atomic E-state index is 6.93.